The lowest BCUT2D eigenvalue weighted by molar-refractivity contribution is -0.114. The predicted molar refractivity (Wildman–Crippen MR) is 154 cm³/mol. The van der Waals surface area contributed by atoms with E-state index in [2.05, 4.69) is 93.7 Å². The fourth-order valence-corrected chi connectivity index (χ4v) is 9.26. The Balaban J connectivity index is 0.0000116. The van der Waals surface area contributed by atoms with Crippen molar-refractivity contribution >= 4 is 24.8 Å². The van der Waals surface area contributed by atoms with E-state index in [1.54, 1.807) is 0 Å². The molecule has 0 saturated heterocycles. The molecule has 0 aliphatic heterocycles. The van der Waals surface area contributed by atoms with Gasteiger partial charge in [-0.15, -0.1) is 0 Å². The maximum absolute atomic E-state index is 12.5. The molecule has 0 radical (unpaired) electrons. The number of hydrogen-bond donors (Lipinski definition) is 3. The minimum atomic E-state index is -0.975. The number of carbonyl (C=O) groups is 1. The number of amides is 1. The van der Waals surface area contributed by atoms with Gasteiger partial charge in [-0.25, -0.2) is 4.99 Å². The van der Waals surface area contributed by atoms with Crippen molar-refractivity contribution in [3.05, 3.63) is 29.8 Å². The summed E-state index contributed by atoms with van der Waals surface area (Å²) in [6.07, 6.45) is 13.5. The summed E-state index contributed by atoms with van der Waals surface area (Å²) in [4.78, 5) is 16.9. The Morgan fingerprint density at radius 1 is 0.829 bits per heavy atom. The number of nitrogens with one attached hydrogen (secondary N) is 3. The van der Waals surface area contributed by atoms with Crippen LogP contribution in [0.3, 0.4) is 0 Å². The van der Waals surface area contributed by atoms with Crippen LogP contribution in [0.25, 0.3) is 0 Å². The number of anilines is 1. The molecule has 1 aromatic carbocycles. The van der Waals surface area contributed by atoms with Crippen molar-refractivity contribution in [2.45, 2.75) is 105 Å². The lowest BCUT2D eigenvalue weighted by Gasteiger charge is -2.28. The summed E-state index contributed by atoms with van der Waals surface area (Å²) in [5, 5.41) is 9.53. The monoisotopic (exact) mass is 526 g/mol. The van der Waals surface area contributed by atoms with E-state index in [1.807, 2.05) is 0 Å². The van der Waals surface area contributed by atoms with Crippen molar-refractivity contribution < 1.29 is 17.2 Å². The van der Waals surface area contributed by atoms with Crippen LogP contribution >= 0.6 is 7.26 Å². The van der Waals surface area contributed by atoms with Crippen molar-refractivity contribution in [1.82, 2.24) is 10.6 Å². The summed E-state index contributed by atoms with van der Waals surface area (Å²) >= 11 is 0. The molecular formula is C28H52ClN4OP. The van der Waals surface area contributed by atoms with Gasteiger partial charge in [-0.1, -0.05) is 52.2 Å². The SMILES string of the molecule is CCCC[P+](CCCC)(CCCC)Cc1ccc(NC(=O)CN=C(NC(C)C)NC(C)C)cc1.[Cl-]. The molecule has 3 N–H and O–H groups in total. The van der Waals surface area contributed by atoms with Crippen LogP contribution in [0.4, 0.5) is 5.69 Å². The molecule has 0 aliphatic rings. The average Bonchev–Trinajstić information content (AvgIpc) is 2.79. The first-order valence-corrected chi connectivity index (χ1v) is 16.1. The smallest absolute Gasteiger partial charge is 0.246 e. The normalized spacial score (nSPS) is 11.2. The highest BCUT2D eigenvalue weighted by Gasteiger charge is 2.35. The Kier molecular flexibility index (Phi) is 18.2. The Morgan fingerprint density at radius 2 is 1.29 bits per heavy atom. The van der Waals surface area contributed by atoms with E-state index in [-0.39, 0.29) is 36.9 Å². The third-order valence-corrected chi connectivity index (χ3v) is 10.8. The van der Waals surface area contributed by atoms with Gasteiger partial charge in [0.15, 0.2) is 5.96 Å². The molecular weight excluding hydrogens is 475 g/mol. The second kappa shape index (κ2) is 18.9. The molecule has 5 nitrogen and oxygen atoms in total. The zero-order valence-electron chi connectivity index (χ0n) is 23.4. The van der Waals surface area contributed by atoms with Gasteiger partial charge < -0.3 is 28.4 Å². The van der Waals surface area contributed by atoms with Gasteiger partial charge >= 0.3 is 0 Å². The van der Waals surface area contributed by atoms with Gasteiger partial charge in [0, 0.05) is 25.0 Å². The standard InChI is InChI=1S/C28H51N4OP.ClH/c1-8-11-18-34(19-12-9-2,20-13-10-3)22-25-14-16-26(17-15-25)32-27(33)21-29-28(30-23(4)5)31-24(6)7;/h14-17,23-24H,8-13,18-22H2,1-7H3,(H2-,29,30,31,32,33);1H. The maximum atomic E-state index is 12.5. The van der Waals surface area contributed by atoms with Crippen LogP contribution in [0.1, 0.15) is 92.6 Å². The van der Waals surface area contributed by atoms with E-state index >= 15 is 0 Å². The summed E-state index contributed by atoms with van der Waals surface area (Å²) < 4.78 is 0. The minimum Gasteiger partial charge on any atom is -1.00 e. The first kappa shape index (κ1) is 33.7. The Hall–Kier alpha value is -1.32. The maximum Gasteiger partial charge on any atom is 0.246 e. The topological polar surface area (TPSA) is 65.5 Å². The largest absolute Gasteiger partial charge is 1.00 e. The molecule has 0 spiro atoms. The van der Waals surface area contributed by atoms with E-state index in [1.165, 1.54) is 68.7 Å². The van der Waals surface area contributed by atoms with Crippen molar-refractivity contribution in [2.24, 2.45) is 4.99 Å². The second-order valence-electron chi connectivity index (χ2n) is 10.2. The van der Waals surface area contributed by atoms with Crippen LogP contribution in [0.2, 0.25) is 0 Å². The lowest BCUT2D eigenvalue weighted by Crippen LogP contribution is -3.00. The van der Waals surface area contributed by atoms with Gasteiger partial charge in [-0.3, -0.25) is 4.79 Å². The number of aliphatic imine (C=N–C) groups is 1. The highest BCUT2D eigenvalue weighted by molar-refractivity contribution is 7.75. The molecule has 0 bridgehead atoms. The summed E-state index contributed by atoms with van der Waals surface area (Å²) in [6.45, 7) is 15.3. The summed E-state index contributed by atoms with van der Waals surface area (Å²) in [7, 11) is -0.975. The van der Waals surface area contributed by atoms with E-state index in [0.717, 1.165) is 5.69 Å². The zero-order chi connectivity index (χ0) is 25.4. The van der Waals surface area contributed by atoms with Gasteiger partial charge in [0.1, 0.15) is 6.54 Å². The number of unbranched alkanes of at least 4 members (excludes halogenated alkanes) is 3. The lowest BCUT2D eigenvalue weighted by atomic mass is 10.2. The molecule has 0 saturated carbocycles. The molecule has 202 valence electrons. The molecule has 0 atom stereocenters. The van der Waals surface area contributed by atoms with Crippen molar-refractivity contribution in [1.29, 1.82) is 0 Å². The number of benzene rings is 1. The Morgan fingerprint density at radius 3 is 1.69 bits per heavy atom. The third-order valence-electron chi connectivity index (χ3n) is 5.95. The quantitative estimate of drug-likeness (QED) is 0.174. The first-order valence-electron chi connectivity index (χ1n) is 13.5. The zero-order valence-corrected chi connectivity index (χ0v) is 25.1. The number of rotatable bonds is 16. The molecule has 0 aliphatic carbocycles. The van der Waals surface area contributed by atoms with Crippen molar-refractivity contribution in [2.75, 3.05) is 30.3 Å². The molecule has 7 heteroatoms. The fourth-order valence-electron chi connectivity index (χ4n) is 4.17. The number of guanidine groups is 1. The van der Waals surface area contributed by atoms with Crippen LogP contribution in [-0.2, 0) is 11.0 Å². The predicted octanol–water partition coefficient (Wildman–Crippen LogP) is 3.90. The second-order valence-corrected chi connectivity index (χ2v) is 14.6. The highest BCUT2D eigenvalue weighted by Crippen LogP contribution is 2.63. The van der Waals surface area contributed by atoms with Crippen LogP contribution in [0.5, 0.6) is 0 Å². The van der Waals surface area contributed by atoms with Gasteiger partial charge in [0.2, 0.25) is 5.91 Å². The van der Waals surface area contributed by atoms with Gasteiger partial charge in [-0.2, -0.15) is 0 Å². The van der Waals surface area contributed by atoms with E-state index in [0.29, 0.717) is 5.96 Å². The van der Waals surface area contributed by atoms with E-state index < -0.39 is 7.26 Å². The molecule has 1 rings (SSSR count). The van der Waals surface area contributed by atoms with Gasteiger partial charge in [-0.05, 0) is 64.7 Å². The number of halogens is 1. The van der Waals surface area contributed by atoms with Crippen LogP contribution < -0.4 is 28.4 Å². The van der Waals surface area contributed by atoms with E-state index in [9.17, 15) is 4.79 Å². The van der Waals surface area contributed by atoms with Crippen LogP contribution in [-0.4, -0.2) is 49.0 Å². The number of nitrogens with zero attached hydrogens (tertiary/aromatic N) is 1. The summed E-state index contributed by atoms with van der Waals surface area (Å²) in [5.74, 6) is 0.569. The summed E-state index contributed by atoms with van der Waals surface area (Å²) in [5.41, 5.74) is 2.27. The van der Waals surface area contributed by atoms with E-state index in [4.69, 9.17) is 0 Å². The third kappa shape index (κ3) is 14.7. The molecule has 0 unspecified atom stereocenters. The Labute approximate surface area is 222 Å². The molecule has 0 heterocycles. The molecule has 0 fully saturated rings. The van der Waals surface area contributed by atoms with Gasteiger partial charge in [0.05, 0.1) is 24.6 Å². The number of carbonyl (C=O) groups excluding carboxylic acids is 1. The minimum absolute atomic E-state index is 0. The van der Waals surface area contributed by atoms with Crippen molar-refractivity contribution in [3.8, 4) is 0 Å². The van der Waals surface area contributed by atoms with Gasteiger partial charge in [0.25, 0.3) is 0 Å². The summed E-state index contributed by atoms with van der Waals surface area (Å²) in [6, 6.07) is 9.08. The molecule has 0 aromatic heterocycles. The van der Waals surface area contributed by atoms with Crippen LogP contribution in [0.15, 0.2) is 29.3 Å². The van der Waals surface area contributed by atoms with Crippen LogP contribution in [0, 0.1) is 0 Å². The number of hydrogen-bond acceptors (Lipinski definition) is 2. The molecule has 35 heavy (non-hydrogen) atoms. The molecule has 1 amide bonds. The highest BCUT2D eigenvalue weighted by atomic mass is 35.5. The molecule has 1 aromatic rings. The average molecular weight is 527 g/mol. The van der Waals surface area contributed by atoms with Crippen molar-refractivity contribution in [3.63, 3.8) is 0 Å². The fraction of sp³-hybridized carbons (Fsp3) is 0.714. The first-order chi connectivity index (χ1) is 16.2. The Bertz CT molecular complexity index is 688.